The SMILES string of the molecule is C[C@H](OC(=O)[C@H]1CCCS1)C(=O)NC(=O)NC1CCCCC1. The highest BCUT2D eigenvalue weighted by Gasteiger charge is 2.28. The summed E-state index contributed by atoms with van der Waals surface area (Å²) in [6, 6.07) is -0.371. The smallest absolute Gasteiger partial charge is 0.321 e. The van der Waals surface area contributed by atoms with Crippen LogP contribution in [0.2, 0.25) is 0 Å². The Morgan fingerprint density at radius 1 is 1.09 bits per heavy atom. The van der Waals surface area contributed by atoms with Crippen LogP contribution in [0.25, 0.3) is 0 Å². The Labute approximate surface area is 135 Å². The van der Waals surface area contributed by atoms with Crippen molar-refractivity contribution >= 4 is 29.7 Å². The summed E-state index contributed by atoms with van der Waals surface area (Å²) in [6.07, 6.45) is 6.14. The lowest BCUT2D eigenvalue weighted by Gasteiger charge is -2.23. The van der Waals surface area contributed by atoms with E-state index in [1.165, 1.54) is 13.3 Å². The lowest BCUT2D eigenvalue weighted by atomic mass is 9.96. The van der Waals surface area contributed by atoms with Gasteiger partial charge in [0.1, 0.15) is 5.25 Å². The molecular weight excluding hydrogens is 304 g/mol. The van der Waals surface area contributed by atoms with Crippen LogP contribution in [0.3, 0.4) is 0 Å². The Balaban J connectivity index is 1.70. The van der Waals surface area contributed by atoms with Gasteiger partial charge in [0.25, 0.3) is 5.91 Å². The van der Waals surface area contributed by atoms with Gasteiger partial charge in [0.15, 0.2) is 6.10 Å². The zero-order chi connectivity index (χ0) is 15.9. The summed E-state index contributed by atoms with van der Waals surface area (Å²) in [6.45, 7) is 1.49. The molecule has 1 heterocycles. The van der Waals surface area contributed by atoms with Crippen LogP contribution in [0.1, 0.15) is 51.9 Å². The number of carbonyl (C=O) groups excluding carboxylic acids is 3. The molecule has 1 aliphatic carbocycles. The van der Waals surface area contributed by atoms with Gasteiger partial charge in [-0.3, -0.25) is 14.9 Å². The molecule has 0 radical (unpaired) electrons. The number of amides is 3. The minimum Gasteiger partial charge on any atom is -0.452 e. The molecule has 2 N–H and O–H groups in total. The topological polar surface area (TPSA) is 84.5 Å². The minimum atomic E-state index is -0.953. The number of carbonyl (C=O) groups is 3. The Hall–Kier alpha value is -1.24. The van der Waals surface area contributed by atoms with Gasteiger partial charge in [-0.05, 0) is 38.4 Å². The summed E-state index contributed by atoms with van der Waals surface area (Å²) in [4.78, 5) is 35.5. The molecule has 2 aliphatic rings. The number of urea groups is 1. The second-order valence-corrected chi connectivity index (χ2v) is 7.19. The molecular formula is C15H24N2O4S. The molecule has 22 heavy (non-hydrogen) atoms. The third-order valence-electron chi connectivity index (χ3n) is 4.03. The normalized spacial score (nSPS) is 23.6. The zero-order valence-electron chi connectivity index (χ0n) is 12.9. The fourth-order valence-corrected chi connectivity index (χ4v) is 3.89. The molecule has 124 valence electrons. The number of nitrogens with one attached hydrogen (secondary N) is 2. The van der Waals surface area contributed by atoms with E-state index in [1.54, 1.807) is 11.8 Å². The summed E-state index contributed by atoms with van der Waals surface area (Å²) < 4.78 is 5.14. The van der Waals surface area contributed by atoms with Crippen LogP contribution >= 0.6 is 11.8 Å². The molecule has 0 aromatic heterocycles. The molecule has 1 saturated heterocycles. The highest BCUT2D eigenvalue weighted by atomic mass is 32.2. The molecule has 1 aliphatic heterocycles. The summed E-state index contributed by atoms with van der Waals surface area (Å²) in [7, 11) is 0. The Kier molecular flexibility index (Phi) is 6.54. The van der Waals surface area contributed by atoms with Crippen LogP contribution in [-0.4, -0.2) is 41.1 Å². The standard InChI is InChI=1S/C15H24N2O4S/c1-10(21-14(19)12-8-5-9-22-12)13(18)17-15(20)16-11-6-3-2-4-7-11/h10-12H,2-9H2,1H3,(H2,16,17,18,20)/t10-,12+/m0/s1. The van der Waals surface area contributed by atoms with Gasteiger partial charge in [-0.2, -0.15) is 0 Å². The summed E-state index contributed by atoms with van der Waals surface area (Å²) in [5.74, 6) is 0.00642. The van der Waals surface area contributed by atoms with E-state index in [9.17, 15) is 14.4 Å². The molecule has 0 aromatic carbocycles. The van der Waals surface area contributed by atoms with Gasteiger partial charge in [-0.1, -0.05) is 19.3 Å². The third kappa shape index (κ3) is 5.19. The van der Waals surface area contributed by atoms with Crippen LogP contribution < -0.4 is 10.6 Å². The first-order chi connectivity index (χ1) is 10.6. The van der Waals surface area contributed by atoms with Crippen LogP contribution in [0, 0.1) is 0 Å². The highest BCUT2D eigenvalue weighted by molar-refractivity contribution is 8.00. The number of hydrogen-bond donors (Lipinski definition) is 2. The monoisotopic (exact) mass is 328 g/mol. The molecule has 7 heteroatoms. The van der Waals surface area contributed by atoms with Crippen LogP contribution in [0.5, 0.6) is 0 Å². The van der Waals surface area contributed by atoms with E-state index in [-0.39, 0.29) is 17.3 Å². The molecule has 0 bridgehead atoms. The number of thioether (sulfide) groups is 1. The second-order valence-electron chi connectivity index (χ2n) is 5.88. The quantitative estimate of drug-likeness (QED) is 0.771. The summed E-state index contributed by atoms with van der Waals surface area (Å²) >= 11 is 1.56. The molecule has 1 saturated carbocycles. The molecule has 2 fully saturated rings. The maximum absolute atomic E-state index is 11.9. The number of imide groups is 1. The van der Waals surface area contributed by atoms with E-state index in [0.29, 0.717) is 0 Å². The number of rotatable bonds is 4. The largest absolute Gasteiger partial charge is 0.452 e. The number of esters is 1. The van der Waals surface area contributed by atoms with Gasteiger partial charge < -0.3 is 10.1 Å². The van der Waals surface area contributed by atoms with Crippen molar-refractivity contribution in [3.63, 3.8) is 0 Å². The first-order valence-corrected chi connectivity index (χ1v) is 9.04. The van der Waals surface area contributed by atoms with Gasteiger partial charge in [-0.25, -0.2) is 4.79 Å². The van der Waals surface area contributed by atoms with Crippen molar-refractivity contribution < 1.29 is 19.1 Å². The van der Waals surface area contributed by atoms with Gasteiger partial charge in [0.2, 0.25) is 0 Å². The summed E-state index contributed by atoms with van der Waals surface area (Å²) in [5, 5.41) is 4.87. The average Bonchev–Trinajstić information content (AvgIpc) is 3.02. The van der Waals surface area contributed by atoms with Crippen molar-refractivity contribution in [1.82, 2.24) is 10.6 Å². The molecule has 6 nitrogen and oxygen atoms in total. The van der Waals surface area contributed by atoms with Crippen molar-refractivity contribution in [2.24, 2.45) is 0 Å². The Bertz CT molecular complexity index is 418. The molecule has 0 spiro atoms. The lowest BCUT2D eigenvalue weighted by molar-refractivity contribution is -0.153. The third-order valence-corrected chi connectivity index (χ3v) is 5.39. The van der Waals surface area contributed by atoms with Crippen molar-refractivity contribution in [2.75, 3.05) is 5.75 Å². The Morgan fingerprint density at radius 2 is 1.82 bits per heavy atom. The predicted molar refractivity (Wildman–Crippen MR) is 84.6 cm³/mol. The first kappa shape index (κ1) is 17.1. The van der Waals surface area contributed by atoms with Crippen LogP contribution in [0.15, 0.2) is 0 Å². The zero-order valence-corrected chi connectivity index (χ0v) is 13.7. The first-order valence-electron chi connectivity index (χ1n) is 7.99. The van der Waals surface area contributed by atoms with Crippen LogP contribution in [-0.2, 0) is 14.3 Å². The van der Waals surface area contributed by atoms with Crippen molar-refractivity contribution in [3.05, 3.63) is 0 Å². The number of hydrogen-bond acceptors (Lipinski definition) is 5. The molecule has 3 amide bonds. The average molecular weight is 328 g/mol. The lowest BCUT2D eigenvalue weighted by Crippen LogP contribution is -2.48. The molecule has 0 aromatic rings. The van der Waals surface area contributed by atoms with Crippen LogP contribution in [0.4, 0.5) is 4.79 Å². The second kappa shape index (κ2) is 8.41. The highest BCUT2D eigenvalue weighted by Crippen LogP contribution is 2.27. The van der Waals surface area contributed by atoms with Crippen molar-refractivity contribution in [1.29, 1.82) is 0 Å². The van der Waals surface area contributed by atoms with Gasteiger partial charge in [-0.15, -0.1) is 11.8 Å². The van der Waals surface area contributed by atoms with Crippen molar-refractivity contribution in [2.45, 2.75) is 69.3 Å². The van der Waals surface area contributed by atoms with E-state index in [4.69, 9.17) is 4.74 Å². The fourth-order valence-electron chi connectivity index (χ4n) is 2.75. The summed E-state index contributed by atoms with van der Waals surface area (Å²) in [5.41, 5.74) is 0. The van der Waals surface area contributed by atoms with E-state index in [1.807, 2.05) is 0 Å². The Morgan fingerprint density at radius 3 is 2.45 bits per heavy atom. The maximum Gasteiger partial charge on any atom is 0.321 e. The van der Waals surface area contributed by atoms with E-state index in [2.05, 4.69) is 10.6 Å². The van der Waals surface area contributed by atoms with E-state index < -0.39 is 18.0 Å². The molecule has 0 unspecified atom stereocenters. The molecule has 2 atom stereocenters. The van der Waals surface area contributed by atoms with E-state index in [0.717, 1.165) is 44.3 Å². The van der Waals surface area contributed by atoms with Gasteiger partial charge in [0.05, 0.1) is 0 Å². The van der Waals surface area contributed by atoms with Crippen molar-refractivity contribution in [3.8, 4) is 0 Å². The predicted octanol–water partition coefficient (Wildman–Crippen LogP) is 1.97. The number of ether oxygens (including phenoxy) is 1. The molecule has 2 rings (SSSR count). The fraction of sp³-hybridized carbons (Fsp3) is 0.800. The van der Waals surface area contributed by atoms with Gasteiger partial charge in [0, 0.05) is 6.04 Å². The van der Waals surface area contributed by atoms with E-state index >= 15 is 0 Å². The van der Waals surface area contributed by atoms with Gasteiger partial charge >= 0.3 is 12.0 Å². The maximum atomic E-state index is 11.9. The minimum absolute atomic E-state index is 0.134.